The van der Waals surface area contributed by atoms with Crippen molar-refractivity contribution in [1.29, 1.82) is 0 Å². The monoisotopic (exact) mass is 216 g/mol. The summed E-state index contributed by atoms with van der Waals surface area (Å²) in [4.78, 5) is 13.8. The number of hydrogen-bond acceptors (Lipinski definition) is 1. The summed E-state index contributed by atoms with van der Waals surface area (Å²) in [5.41, 5.74) is 2.90. The highest BCUT2D eigenvalue weighted by Gasteiger charge is 2.30. The Balaban J connectivity index is 2.28. The van der Waals surface area contributed by atoms with E-state index < -0.39 is 0 Å². The molecule has 0 aromatic heterocycles. The van der Waals surface area contributed by atoms with Gasteiger partial charge in [-0.15, -0.1) is 0 Å². The van der Waals surface area contributed by atoms with E-state index in [4.69, 9.17) is 0 Å². The van der Waals surface area contributed by atoms with Crippen LogP contribution in [0.5, 0.6) is 0 Å². The van der Waals surface area contributed by atoms with Crippen LogP contribution in [0.3, 0.4) is 0 Å². The minimum atomic E-state index is -0.0926. The van der Waals surface area contributed by atoms with Crippen molar-refractivity contribution in [3.8, 4) is 0 Å². The first-order valence-electron chi connectivity index (χ1n) is 5.43. The fourth-order valence-corrected chi connectivity index (χ4v) is 2.12. The van der Waals surface area contributed by atoms with Gasteiger partial charge < -0.3 is 5.32 Å². The fraction of sp³-hybridized carbons (Fsp3) is 0.308. The molecule has 3 nitrogen and oxygen atoms in total. The lowest BCUT2D eigenvalue weighted by molar-refractivity contribution is 0.247. The van der Waals surface area contributed by atoms with Gasteiger partial charge in [0.2, 0.25) is 0 Å². The average Bonchev–Trinajstić information content (AvgIpc) is 2.52. The van der Waals surface area contributed by atoms with Crippen LogP contribution in [0.15, 0.2) is 36.5 Å². The normalized spacial score (nSPS) is 18.1. The van der Waals surface area contributed by atoms with Gasteiger partial charge in [-0.1, -0.05) is 24.8 Å². The molecule has 1 aliphatic rings. The van der Waals surface area contributed by atoms with Crippen LogP contribution in [0.2, 0.25) is 0 Å². The summed E-state index contributed by atoms with van der Waals surface area (Å²) in [6, 6.07) is 8.13. The zero-order valence-electron chi connectivity index (χ0n) is 9.66. The summed E-state index contributed by atoms with van der Waals surface area (Å²) in [5, 5.41) is 2.75. The number of hydrogen-bond donors (Lipinski definition) is 1. The van der Waals surface area contributed by atoms with Crippen LogP contribution in [-0.2, 0) is 6.42 Å². The van der Waals surface area contributed by atoms with Gasteiger partial charge in [-0.25, -0.2) is 4.79 Å². The molecule has 0 spiro atoms. The number of nitrogens with zero attached hydrogens (tertiary/aromatic N) is 1. The van der Waals surface area contributed by atoms with Gasteiger partial charge in [0.05, 0.1) is 0 Å². The van der Waals surface area contributed by atoms with Crippen molar-refractivity contribution in [3.05, 3.63) is 42.1 Å². The molecule has 1 aliphatic heterocycles. The molecule has 0 saturated heterocycles. The Labute approximate surface area is 95.8 Å². The molecule has 1 heterocycles. The average molecular weight is 216 g/mol. The molecule has 0 fully saturated rings. The molecule has 1 N–H and O–H groups in total. The number of rotatable bonds is 1. The predicted octanol–water partition coefficient (Wildman–Crippen LogP) is 2.68. The van der Waals surface area contributed by atoms with Crippen molar-refractivity contribution < 1.29 is 4.79 Å². The second kappa shape index (κ2) is 4.00. The van der Waals surface area contributed by atoms with Gasteiger partial charge in [-0.2, -0.15) is 0 Å². The van der Waals surface area contributed by atoms with Gasteiger partial charge in [0, 0.05) is 17.4 Å². The highest BCUT2D eigenvalue weighted by Crippen LogP contribution is 2.31. The Kier molecular flexibility index (Phi) is 2.69. The van der Waals surface area contributed by atoms with Gasteiger partial charge in [-0.05, 0) is 31.9 Å². The van der Waals surface area contributed by atoms with E-state index in [9.17, 15) is 4.79 Å². The van der Waals surface area contributed by atoms with Crippen LogP contribution in [0.4, 0.5) is 10.5 Å². The zero-order chi connectivity index (χ0) is 11.7. The van der Waals surface area contributed by atoms with Crippen LogP contribution < -0.4 is 10.2 Å². The first-order chi connectivity index (χ1) is 7.59. The summed E-state index contributed by atoms with van der Waals surface area (Å²) in [6.07, 6.45) is 0.916. The van der Waals surface area contributed by atoms with Crippen molar-refractivity contribution in [2.24, 2.45) is 0 Å². The van der Waals surface area contributed by atoms with Crippen LogP contribution in [0, 0.1) is 0 Å². The van der Waals surface area contributed by atoms with Crippen LogP contribution in [-0.4, -0.2) is 12.1 Å². The lowest BCUT2D eigenvalue weighted by Gasteiger charge is -2.23. The number of urea groups is 1. The fourth-order valence-electron chi connectivity index (χ4n) is 2.12. The molecule has 2 amide bonds. The number of carbonyl (C=O) groups excluding carboxylic acids is 1. The quantitative estimate of drug-likeness (QED) is 0.769. The Morgan fingerprint density at radius 2 is 2.19 bits per heavy atom. The Bertz CT molecular complexity index is 439. The van der Waals surface area contributed by atoms with Crippen molar-refractivity contribution in [2.45, 2.75) is 26.3 Å². The van der Waals surface area contributed by atoms with E-state index in [0.717, 1.165) is 12.1 Å². The highest BCUT2D eigenvalue weighted by molar-refractivity contribution is 5.95. The molecule has 0 aliphatic carbocycles. The topological polar surface area (TPSA) is 32.3 Å². The summed E-state index contributed by atoms with van der Waals surface area (Å²) < 4.78 is 0. The summed E-state index contributed by atoms with van der Waals surface area (Å²) >= 11 is 0. The highest BCUT2D eigenvalue weighted by atomic mass is 16.2. The third-order valence-electron chi connectivity index (χ3n) is 2.75. The van der Waals surface area contributed by atoms with E-state index in [1.807, 2.05) is 18.2 Å². The van der Waals surface area contributed by atoms with E-state index in [2.05, 4.69) is 24.9 Å². The lowest BCUT2D eigenvalue weighted by atomic mass is 10.1. The zero-order valence-corrected chi connectivity index (χ0v) is 9.66. The van der Waals surface area contributed by atoms with Gasteiger partial charge in [0.1, 0.15) is 0 Å². The van der Waals surface area contributed by atoms with E-state index in [1.54, 1.807) is 11.8 Å². The first-order valence-corrected chi connectivity index (χ1v) is 5.43. The van der Waals surface area contributed by atoms with E-state index in [0.29, 0.717) is 5.70 Å². The number of allylic oxidation sites excluding steroid dienone is 1. The first kappa shape index (κ1) is 10.7. The van der Waals surface area contributed by atoms with Crippen LogP contribution in [0.1, 0.15) is 19.4 Å². The number of fused-ring (bicyclic) bond motifs is 1. The third kappa shape index (κ3) is 1.81. The molecule has 0 bridgehead atoms. The molecular formula is C13H16N2O. The van der Waals surface area contributed by atoms with Crippen molar-refractivity contribution in [3.63, 3.8) is 0 Å². The SMILES string of the molecule is C=C(C)NC(=O)N1c2ccccc2CC1C. The third-order valence-corrected chi connectivity index (χ3v) is 2.75. The lowest BCUT2D eigenvalue weighted by Crippen LogP contribution is -2.42. The number of para-hydroxylation sites is 1. The minimum absolute atomic E-state index is 0.0926. The molecule has 0 saturated carbocycles. The summed E-state index contributed by atoms with van der Waals surface area (Å²) in [5.74, 6) is 0. The largest absolute Gasteiger partial charge is 0.326 e. The molecule has 1 atom stereocenters. The van der Waals surface area contributed by atoms with Crippen LogP contribution >= 0.6 is 0 Å². The smallest absolute Gasteiger partial charge is 0.312 e. The van der Waals surface area contributed by atoms with E-state index in [-0.39, 0.29) is 12.1 Å². The Morgan fingerprint density at radius 3 is 2.88 bits per heavy atom. The van der Waals surface area contributed by atoms with E-state index in [1.165, 1.54) is 5.56 Å². The molecule has 3 heteroatoms. The number of benzene rings is 1. The number of carbonyl (C=O) groups is 1. The minimum Gasteiger partial charge on any atom is -0.312 e. The molecule has 2 rings (SSSR count). The van der Waals surface area contributed by atoms with Gasteiger partial charge in [-0.3, -0.25) is 4.90 Å². The van der Waals surface area contributed by atoms with Crippen LogP contribution in [0.25, 0.3) is 0 Å². The van der Waals surface area contributed by atoms with E-state index >= 15 is 0 Å². The maximum absolute atomic E-state index is 12.0. The van der Waals surface area contributed by atoms with Gasteiger partial charge in [0.25, 0.3) is 0 Å². The molecule has 1 aromatic rings. The van der Waals surface area contributed by atoms with Gasteiger partial charge in [0.15, 0.2) is 0 Å². The number of anilines is 1. The maximum atomic E-state index is 12.0. The van der Waals surface area contributed by atoms with Gasteiger partial charge >= 0.3 is 6.03 Å². The number of nitrogens with one attached hydrogen (secondary N) is 1. The summed E-state index contributed by atoms with van der Waals surface area (Å²) in [6.45, 7) is 7.52. The maximum Gasteiger partial charge on any atom is 0.326 e. The molecule has 1 aromatic carbocycles. The Morgan fingerprint density at radius 1 is 1.50 bits per heavy atom. The van der Waals surface area contributed by atoms with Crippen molar-refractivity contribution in [1.82, 2.24) is 5.32 Å². The molecule has 0 radical (unpaired) electrons. The number of amides is 2. The molecular weight excluding hydrogens is 200 g/mol. The van der Waals surface area contributed by atoms with Crippen molar-refractivity contribution >= 4 is 11.7 Å². The molecule has 1 unspecified atom stereocenters. The standard InChI is InChI=1S/C13H16N2O/c1-9(2)14-13(16)15-10(3)8-11-6-4-5-7-12(11)15/h4-7,10H,1,8H2,2-3H3,(H,14,16). The Hall–Kier alpha value is -1.77. The van der Waals surface area contributed by atoms with Crippen molar-refractivity contribution in [2.75, 3.05) is 4.90 Å². The second-order valence-electron chi connectivity index (χ2n) is 4.26. The summed E-state index contributed by atoms with van der Waals surface area (Å²) in [7, 11) is 0. The second-order valence-corrected chi connectivity index (χ2v) is 4.26. The molecule has 16 heavy (non-hydrogen) atoms. The predicted molar refractivity (Wildman–Crippen MR) is 65.4 cm³/mol. The molecule has 84 valence electrons.